The van der Waals surface area contributed by atoms with Crippen molar-refractivity contribution < 1.29 is 9.21 Å². The Morgan fingerprint density at radius 1 is 0.913 bits per heavy atom. The number of carbonyl (C=O) groups is 1. The molecule has 0 radical (unpaired) electrons. The third-order valence-corrected chi connectivity index (χ3v) is 4.49. The number of fused-ring (bicyclic) bond motifs is 1. The first-order valence-corrected chi connectivity index (χ1v) is 8.19. The Morgan fingerprint density at radius 2 is 1.65 bits per heavy atom. The summed E-state index contributed by atoms with van der Waals surface area (Å²) in [5, 5.41) is 1.09. The van der Waals surface area contributed by atoms with Crippen molar-refractivity contribution in [2.45, 2.75) is 19.3 Å². The van der Waals surface area contributed by atoms with Gasteiger partial charge in [-0.1, -0.05) is 30.3 Å². The van der Waals surface area contributed by atoms with Gasteiger partial charge < -0.3 is 9.32 Å². The first kappa shape index (κ1) is 14.1. The summed E-state index contributed by atoms with van der Waals surface area (Å²) >= 11 is 0. The number of para-hydroxylation sites is 1. The van der Waals surface area contributed by atoms with Gasteiger partial charge in [-0.3, -0.25) is 4.79 Å². The van der Waals surface area contributed by atoms with Crippen LogP contribution >= 0.6 is 0 Å². The van der Waals surface area contributed by atoms with E-state index in [1.807, 2.05) is 59.5 Å². The van der Waals surface area contributed by atoms with E-state index >= 15 is 0 Å². The zero-order chi connectivity index (χ0) is 15.6. The summed E-state index contributed by atoms with van der Waals surface area (Å²) in [7, 11) is 0. The Bertz CT molecular complexity index is 793. The minimum Gasteiger partial charge on any atom is -0.456 e. The van der Waals surface area contributed by atoms with Gasteiger partial charge >= 0.3 is 0 Å². The predicted molar refractivity (Wildman–Crippen MR) is 91.4 cm³/mol. The molecule has 23 heavy (non-hydrogen) atoms. The van der Waals surface area contributed by atoms with Crippen molar-refractivity contribution in [2.75, 3.05) is 13.1 Å². The molecule has 0 aliphatic carbocycles. The molecule has 1 amide bonds. The average molecular weight is 305 g/mol. The Kier molecular flexibility index (Phi) is 3.62. The van der Waals surface area contributed by atoms with Crippen LogP contribution in [0.15, 0.2) is 59.0 Å². The van der Waals surface area contributed by atoms with E-state index in [9.17, 15) is 4.79 Å². The number of piperidine rings is 1. The molecule has 0 bridgehead atoms. The standard InChI is InChI=1S/C20H19NO2/c22-20(21-12-4-1-5-13-21)16-10-8-15(9-11-16)19-14-17-6-2-3-7-18(17)23-19/h2-3,6-11,14H,1,4-5,12-13H2. The summed E-state index contributed by atoms with van der Waals surface area (Å²) in [5.41, 5.74) is 2.64. The molecule has 0 saturated carbocycles. The van der Waals surface area contributed by atoms with E-state index in [1.165, 1.54) is 6.42 Å². The predicted octanol–water partition coefficient (Wildman–Crippen LogP) is 4.73. The second-order valence-electron chi connectivity index (χ2n) is 6.08. The maximum Gasteiger partial charge on any atom is 0.253 e. The summed E-state index contributed by atoms with van der Waals surface area (Å²) in [6, 6.07) is 17.8. The molecule has 2 heterocycles. The van der Waals surface area contributed by atoms with E-state index in [-0.39, 0.29) is 5.91 Å². The minimum atomic E-state index is 0.140. The van der Waals surface area contributed by atoms with Gasteiger partial charge in [0.1, 0.15) is 11.3 Å². The lowest BCUT2D eigenvalue weighted by molar-refractivity contribution is 0.0724. The molecule has 4 rings (SSSR count). The largest absolute Gasteiger partial charge is 0.456 e. The quantitative estimate of drug-likeness (QED) is 0.686. The summed E-state index contributed by atoms with van der Waals surface area (Å²) in [5.74, 6) is 0.976. The molecule has 2 aromatic carbocycles. The molecule has 0 unspecified atom stereocenters. The van der Waals surface area contributed by atoms with Gasteiger partial charge in [-0.25, -0.2) is 0 Å². The SMILES string of the molecule is O=C(c1ccc(-c2cc3ccccc3o2)cc1)N1CCCCC1. The molecular weight excluding hydrogens is 286 g/mol. The molecule has 3 heteroatoms. The van der Waals surface area contributed by atoms with Crippen LogP contribution in [0.4, 0.5) is 0 Å². The molecule has 1 aliphatic heterocycles. The Hall–Kier alpha value is -2.55. The van der Waals surface area contributed by atoms with E-state index in [2.05, 4.69) is 0 Å². The van der Waals surface area contributed by atoms with E-state index < -0.39 is 0 Å². The molecule has 1 aromatic heterocycles. The second kappa shape index (κ2) is 5.92. The first-order chi connectivity index (χ1) is 11.3. The minimum absolute atomic E-state index is 0.140. The van der Waals surface area contributed by atoms with E-state index in [1.54, 1.807) is 0 Å². The highest BCUT2D eigenvalue weighted by Gasteiger charge is 2.18. The van der Waals surface area contributed by atoms with E-state index in [4.69, 9.17) is 4.42 Å². The highest BCUT2D eigenvalue weighted by Crippen LogP contribution is 2.28. The van der Waals surface area contributed by atoms with Gasteiger partial charge in [0.05, 0.1) is 0 Å². The number of furan rings is 1. The number of amides is 1. The molecule has 1 fully saturated rings. The van der Waals surface area contributed by atoms with Crippen molar-refractivity contribution in [1.82, 2.24) is 4.90 Å². The van der Waals surface area contributed by atoms with Crippen LogP contribution in [0, 0.1) is 0 Å². The molecule has 0 spiro atoms. The fourth-order valence-corrected chi connectivity index (χ4v) is 3.18. The maximum atomic E-state index is 12.5. The van der Waals surface area contributed by atoms with Gasteiger partial charge in [-0.05, 0) is 43.5 Å². The Labute approximate surface area is 135 Å². The highest BCUT2D eigenvalue weighted by molar-refractivity contribution is 5.95. The smallest absolute Gasteiger partial charge is 0.253 e. The summed E-state index contributed by atoms with van der Waals surface area (Å²) in [4.78, 5) is 14.4. The van der Waals surface area contributed by atoms with Crippen LogP contribution in [-0.2, 0) is 0 Å². The van der Waals surface area contributed by atoms with Crippen LogP contribution in [0.25, 0.3) is 22.3 Å². The van der Waals surface area contributed by atoms with Gasteiger partial charge in [-0.15, -0.1) is 0 Å². The molecule has 3 aromatic rings. The maximum absolute atomic E-state index is 12.5. The zero-order valence-electron chi connectivity index (χ0n) is 13.0. The van der Waals surface area contributed by atoms with Gasteiger partial charge in [0, 0.05) is 29.6 Å². The third-order valence-electron chi connectivity index (χ3n) is 4.49. The van der Waals surface area contributed by atoms with Crippen LogP contribution in [0.1, 0.15) is 29.6 Å². The summed E-state index contributed by atoms with van der Waals surface area (Å²) in [6.45, 7) is 1.76. The average Bonchev–Trinajstić information content (AvgIpc) is 3.06. The second-order valence-corrected chi connectivity index (χ2v) is 6.08. The van der Waals surface area contributed by atoms with Crippen molar-refractivity contribution in [3.63, 3.8) is 0 Å². The monoisotopic (exact) mass is 305 g/mol. The van der Waals surface area contributed by atoms with Gasteiger partial charge in [0.25, 0.3) is 5.91 Å². The zero-order valence-corrected chi connectivity index (χ0v) is 13.0. The number of hydrogen-bond acceptors (Lipinski definition) is 2. The van der Waals surface area contributed by atoms with Crippen molar-refractivity contribution in [3.05, 3.63) is 60.2 Å². The Balaban J connectivity index is 1.58. The normalized spacial score (nSPS) is 15.0. The third kappa shape index (κ3) is 2.74. The molecule has 1 aliphatic rings. The fourth-order valence-electron chi connectivity index (χ4n) is 3.18. The van der Waals surface area contributed by atoms with Crippen LogP contribution < -0.4 is 0 Å². The topological polar surface area (TPSA) is 33.5 Å². The van der Waals surface area contributed by atoms with Crippen LogP contribution in [-0.4, -0.2) is 23.9 Å². The van der Waals surface area contributed by atoms with Crippen LogP contribution in [0.3, 0.4) is 0 Å². The van der Waals surface area contributed by atoms with E-state index in [0.29, 0.717) is 0 Å². The van der Waals surface area contributed by atoms with Crippen molar-refractivity contribution in [2.24, 2.45) is 0 Å². The summed E-state index contributed by atoms with van der Waals surface area (Å²) < 4.78 is 5.88. The summed E-state index contributed by atoms with van der Waals surface area (Å²) in [6.07, 6.45) is 3.46. The van der Waals surface area contributed by atoms with Crippen LogP contribution in [0.5, 0.6) is 0 Å². The molecule has 0 N–H and O–H groups in total. The molecule has 3 nitrogen and oxygen atoms in total. The highest BCUT2D eigenvalue weighted by atomic mass is 16.3. The molecule has 1 saturated heterocycles. The van der Waals surface area contributed by atoms with Crippen molar-refractivity contribution >= 4 is 16.9 Å². The number of likely N-dealkylation sites (tertiary alicyclic amines) is 1. The fraction of sp³-hybridized carbons (Fsp3) is 0.250. The van der Waals surface area contributed by atoms with E-state index in [0.717, 1.165) is 53.8 Å². The molecule has 0 atom stereocenters. The number of nitrogens with zero attached hydrogens (tertiary/aromatic N) is 1. The number of benzene rings is 2. The molecule has 116 valence electrons. The van der Waals surface area contributed by atoms with Crippen molar-refractivity contribution in [1.29, 1.82) is 0 Å². The molecular formula is C20H19NO2. The lowest BCUT2D eigenvalue weighted by Gasteiger charge is -2.26. The van der Waals surface area contributed by atoms with Gasteiger partial charge in [-0.2, -0.15) is 0 Å². The Morgan fingerprint density at radius 3 is 2.39 bits per heavy atom. The van der Waals surface area contributed by atoms with Gasteiger partial charge in [0.15, 0.2) is 0 Å². The van der Waals surface area contributed by atoms with Gasteiger partial charge in [0.2, 0.25) is 0 Å². The first-order valence-electron chi connectivity index (χ1n) is 8.19. The van der Waals surface area contributed by atoms with Crippen molar-refractivity contribution in [3.8, 4) is 11.3 Å². The lowest BCUT2D eigenvalue weighted by Crippen LogP contribution is -2.35. The number of carbonyl (C=O) groups excluding carboxylic acids is 1. The van der Waals surface area contributed by atoms with Crippen LogP contribution in [0.2, 0.25) is 0 Å². The lowest BCUT2D eigenvalue weighted by atomic mass is 10.1. The number of rotatable bonds is 2. The number of hydrogen-bond donors (Lipinski definition) is 0.